The third kappa shape index (κ3) is 5.49. The summed E-state index contributed by atoms with van der Waals surface area (Å²) in [5.74, 6) is -62.8. The van der Waals surface area contributed by atoms with Gasteiger partial charge >= 0.3 is 0 Å². The summed E-state index contributed by atoms with van der Waals surface area (Å²) in [6.45, 7) is -3.69. The van der Waals surface area contributed by atoms with Crippen molar-refractivity contribution in [1.82, 2.24) is 0 Å². The molecule has 0 heterocycles. The Labute approximate surface area is 259 Å². The van der Waals surface area contributed by atoms with E-state index in [1.54, 1.807) is 0 Å². The molecule has 0 aromatic heterocycles. The zero-order chi connectivity index (χ0) is 37.3. The van der Waals surface area contributed by atoms with Crippen molar-refractivity contribution in [2.24, 2.45) is 0 Å². The third-order valence-electron chi connectivity index (χ3n) is 6.74. The SMILES string of the molecule is C/C=C(\B(c1c(F)c(F)c(F)c(F)c1F)c1c(F)c(F)c(F)c(F)c1F)P(c1c(F)c(F)c(F)c(F)c1F)c1c(F)c(F)c(F)c(F)c1F. The van der Waals surface area contributed by atoms with E-state index in [-0.39, 0.29) is 6.08 Å². The molecule has 0 aliphatic heterocycles. The highest BCUT2D eigenvalue weighted by Gasteiger charge is 2.47. The molecule has 0 unspecified atom stereocenters. The summed E-state index contributed by atoms with van der Waals surface area (Å²) < 4.78 is 293. The Morgan fingerprint density at radius 3 is 0.714 bits per heavy atom. The lowest BCUT2D eigenvalue weighted by molar-refractivity contribution is 0.382. The molecule has 49 heavy (non-hydrogen) atoms. The Bertz CT molecular complexity index is 1710. The van der Waals surface area contributed by atoms with Gasteiger partial charge in [0.1, 0.15) is 0 Å². The van der Waals surface area contributed by atoms with E-state index < -0.39 is 158 Å². The minimum Gasteiger partial charge on any atom is -0.204 e. The summed E-state index contributed by atoms with van der Waals surface area (Å²) in [6, 6.07) is 0. The molecule has 0 aliphatic carbocycles. The van der Waals surface area contributed by atoms with Gasteiger partial charge in [-0.25, -0.2) is 87.8 Å². The van der Waals surface area contributed by atoms with E-state index in [9.17, 15) is 52.7 Å². The normalized spacial score (nSPS) is 12.1. The van der Waals surface area contributed by atoms with E-state index in [4.69, 9.17) is 0 Å². The molecule has 0 spiro atoms. The Morgan fingerprint density at radius 2 is 0.510 bits per heavy atom. The number of benzene rings is 4. The van der Waals surface area contributed by atoms with Gasteiger partial charge in [0.2, 0.25) is 11.6 Å². The van der Waals surface area contributed by atoms with Gasteiger partial charge in [-0.3, -0.25) is 0 Å². The molecule has 4 rings (SSSR count). The Morgan fingerprint density at radius 1 is 0.327 bits per heavy atom. The highest BCUT2D eigenvalue weighted by molar-refractivity contribution is 7.79. The summed E-state index contributed by atoms with van der Waals surface area (Å²) in [4.78, 5) is 0. The average Bonchev–Trinajstić information content (AvgIpc) is 3.08. The number of allylic oxidation sites excluding steroid dienone is 1. The predicted octanol–water partition coefficient (Wildman–Crippen LogP) is 7.65. The second-order valence-corrected chi connectivity index (χ2v) is 11.4. The van der Waals surface area contributed by atoms with Crippen LogP contribution in [-0.4, -0.2) is 6.71 Å². The third-order valence-corrected chi connectivity index (χ3v) is 9.45. The van der Waals surface area contributed by atoms with Crippen molar-refractivity contribution in [3.8, 4) is 0 Å². The molecule has 0 N–H and O–H groups in total. The maximum absolute atomic E-state index is 15.3. The van der Waals surface area contributed by atoms with E-state index in [2.05, 4.69) is 0 Å². The second kappa shape index (κ2) is 13.2. The molecule has 4 aromatic rings. The summed E-state index contributed by atoms with van der Waals surface area (Å²) >= 11 is 0. The zero-order valence-corrected chi connectivity index (χ0v) is 23.6. The number of hydrogen-bond acceptors (Lipinski definition) is 0. The molecule has 0 bridgehead atoms. The van der Waals surface area contributed by atoms with Crippen LogP contribution in [0.5, 0.6) is 0 Å². The minimum absolute atomic E-state index is 0.136. The van der Waals surface area contributed by atoms with E-state index in [1.165, 1.54) is 0 Å². The van der Waals surface area contributed by atoms with Gasteiger partial charge in [0.15, 0.2) is 105 Å². The molecular weight excluding hydrogens is 746 g/mol. The summed E-state index contributed by atoms with van der Waals surface area (Å²) in [5, 5.41) is -7.59. The van der Waals surface area contributed by atoms with Gasteiger partial charge < -0.3 is 0 Å². The fourth-order valence-corrected chi connectivity index (χ4v) is 7.26. The van der Waals surface area contributed by atoms with Gasteiger partial charge in [-0.1, -0.05) is 11.3 Å². The molecule has 260 valence electrons. The zero-order valence-electron chi connectivity index (χ0n) is 22.7. The lowest BCUT2D eigenvalue weighted by Gasteiger charge is -2.30. The van der Waals surface area contributed by atoms with Crippen LogP contribution in [0.4, 0.5) is 87.8 Å². The van der Waals surface area contributed by atoms with Gasteiger partial charge in [-0.2, -0.15) is 0 Å². The minimum atomic E-state index is -5.05. The van der Waals surface area contributed by atoms with Crippen LogP contribution in [-0.2, 0) is 0 Å². The monoisotopic (exact) mass is 750 g/mol. The fraction of sp³-hybridized carbons (Fsp3) is 0.0370. The van der Waals surface area contributed by atoms with Gasteiger partial charge in [-0.05, 0) is 14.8 Å². The molecule has 22 heteroatoms. The van der Waals surface area contributed by atoms with Gasteiger partial charge in [0, 0.05) is 10.9 Å². The molecule has 4 aromatic carbocycles. The van der Waals surface area contributed by atoms with Crippen LogP contribution < -0.4 is 21.5 Å². The first-order valence-corrected chi connectivity index (χ1v) is 13.5. The van der Waals surface area contributed by atoms with Crippen molar-refractivity contribution in [3.05, 3.63) is 128 Å². The molecule has 0 nitrogen and oxygen atoms in total. The first-order chi connectivity index (χ1) is 22.7. The number of hydrogen-bond donors (Lipinski definition) is 0. The van der Waals surface area contributed by atoms with Crippen LogP contribution in [0.15, 0.2) is 11.3 Å². The van der Waals surface area contributed by atoms with Crippen LogP contribution in [0.1, 0.15) is 6.92 Å². The smallest absolute Gasteiger partial charge is 0.204 e. The molecule has 0 amide bonds. The van der Waals surface area contributed by atoms with Crippen molar-refractivity contribution in [2.45, 2.75) is 6.92 Å². The van der Waals surface area contributed by atoms with E-state index in [0.717, 1.165) is 0 Å². The quantitative estimate of drug-likeness (QED) is 0.0625. The highest BCUT2D eigenvalue weighted by Crippen LogP contribution is 2.49. The first-order valence-electron chi connectivity index (χ1n) is 12.2. The summed E-state index contributed by atoms with van der Waals surface area (Å²) in [6.07, 6.45) is -0.136. The molecule has 0 saturated carbocycles. The van der Waals surface area contributed by atoms with Crippen LogP contribution in [0.2, 0.25) is 0 Å². The van der Waals surface area contributed by atoms with E-state index >= 15 is 35.1 Å². The molecular formula is C27H4BF20P. The van der Waals surface area contributed by atoms with Crippen molar-refractivity contribution >= 4 is 36.2 Å². The average molecular weight is 750 g/mol. The molecule has 0 fully saturated rings. The second-order valence-electron chi connectivity index (χ2n) is 9.29. The lowest BCUT2D eigenvalue weighted by atomic mass is 9.39. The van der Waals surface area contributed by atoms with Crippen LogP contribution in [0, 0.1) is 116 Å². The molecule has 0 radical (unpaired) electrons. The van der Waals surface area contributed by atoms with Gasteiger partial charge in [0.25, 0.3) is 6.71 Å². The topological polar surface area (TPSA) is 0 Å². The summed E-state index contributed by atoms with van der Waals surface area (Å²) in [5.41, 5.74) is -5.51. The largest absolute Gasteiger partial charge is 0.258 e. The van der Waals surface area contributed by atoms with E-state index in [0.29, 0.717) is 6.92 Å². The first kappa shape index (κ1) is 37.5. The maximum atomic E-state index is 15.3. The number of rotatable bonds is 6. The Balaban J connectivity index is 2.40. The van der Waals surface area contributed by atoms with E-state index in [1.807, 2.05) is 0 Å². The van der Waals surface area contributed by atoms with Gasteiger partial charge in [-0.15, -0.1) is 0 Å². The van der Waals surface area contributed by atoms with Gasteiger partial charge in [0.05, 0.1) is 10.6 Å². The Kier molecular flexibility index (Phi) is 10.1. The fourth-order valence-electron chi connectivity index (χ4n) is 4.56. The van der Waals surface area contributed by atoms with Crippen LogP contribution in [0.25, 0.3) is 0 Å². The molecule has 0 aliphatic rings. The van der Waals surface area contributed by atoms with Crippen LogP contribution in [0.3, 0.4) is 0 Å². The highest BCUT2D eigenvalue weighted by atomic mass is 31.1. The standard InChI is InChI=1S/C27H4BF20P/c1-2-3(28(4-6(29)10(33)14(37)11(34)7(4)30)5-8(31)12(35)15(38)13(36)9(5)32)49(26-22(45)18(41)16(39)19(42)23(26)46)27-24(47)20(43)17(40)21(44)25(27)48/h2H,1H3/b3-2+. The van der Waals surface area contributed by atoms with Crippen molar-refractivity contribution in [2.75, 3.05) is 0 Å². The lowest BCUT2D eigenvalue weighted by Crippen LogP contribution is -2.53. The van der Waals surface area contributed by atoms with Crippen molar-refractivity contribution < 1.29 is 87.8 Å². The van der Waals surface area contributed by atoms with Crippen molar-refractivity contribution in [3.63, 3.8) is 0 Å². The molecule has 0 saturated heterocycles. The molecule has 0 atom stereocenters. The number of halogens is 20. The van der Waals surface area contributed by atoms with Crippen LogP contribution >= 0.6 is 7.92 Å². The summed E-state index contributed by atoms with van der Waals surface area (Å²) in [7, 11) is -5.05. The predicted molar refractivity (Wildman–Crippen MR) is 130 cm³/mol. The maximum Gasteiger partial charge on any atom is 0.258 e. The van der Waals surface area contributed by atoms with Crippen molar-refractivity contribution in [1.29, 1.82) is 0 Å². The Hall–Kier alpha value is -4.29.